The summed E-state index contributed by atoms with van der Waals surface area (Å²) in [5.74, 6) is -0.174. The molecular formula is C14H15ClN4O3. The van der Waals surface area contributed by atoms with E-state index < -0.39 is 12.0 Å². The van der Waals surface area contributed by atoms with Crippen LogP contribution < -0.4 is 15.8 Å². The highest BCUT2D eigenvalue weighted by Crippen LogP contribution is 2.24. The average molecular weight is 323 g/mol. The minimum Gasteiger partial charge on any atom is -0.479 e. The molecule has 22 heavy (non-hydrogen) atoms. The Labute approximate surface area is 132 Å². The maximum Gasteiger partial charge on any atom is 0.266 e. The first-order chi connectivity index (χ1) is 10.5. The maximum absolute atomic E-state index is 12.0. The van der Waals surface area contributed by atoms with Crippen molar-refractivity contribution in [3.8, 4) is 5.75 Å². The molecule has 7 nitrogen and oxygen atoms in total. The molecule has 8 heteroatoms. The second-order valence-electron chi connectivity index (χ2n) is 4.54. The lowest BCUT2D eigenvalue weighted by Crippen LogP contribution is -2.30. The van der Waals surface area contributed by atoms with Crippen LogP contribution in [0.1, 0.15) is 6.92 Å². The standard InChI is InChI=1S/C14H15ClN4O3/c1-9(22-11-5-3-2-4-10(11)15)14(21)17-13-6-7-19(18-13)8-12(16)20/h2-7,9H,8H2,1H3,(H2,16,20)(H,17,18,21)/t9-/m1/s1. The van der Waals surface area contributed by atoms with Crippen LogP contribution in [0, 0.1) is 0 Å². The number of hydrogen-bond donors (Lipinski definition) is 2. The molecule has 1 heterocycles. The third-order valence-corrected chi connectivity index (χ3v) is 3.03. The van der Waals surface area contributed by atoms with Gasteiger partial charge in [0.25, 0.3) is 5.91 Å². The van der Waals surface area contributed by atoms with Gasteiger partial charge in [0.1, 0.15) is 12.3 Å². The second-order valence-corrected chi connectivity index (χ2v) is 4.95. The van der Waals surface area contributed by atoms with Gasteiger partial charge in [-0.3, -0.25) is 14.3 Å². The Morgan fingerprint density at radius 1 is 1.41 bits per heavy atom. The molecule has 0 aliphatic carbocycles. The van der Waals surface area contributed by atoms with E-state index in [1.807, 2.05) is 0 Å². The van der Waals surface area contributed by atoms with E-state index in [0.29, 0.717) is 16.6 Å². The van der Waals surface area contributed by atoms with E-state index in [0.717, 1.165) is 0 Å². The number of primary amides is 1. The van der Waals surface area contributed by atoms with Gasteiger partial charge in [-0.15, -0.1) is 0 Å². The minimum atomic E-state index is -0.763. The number of anilines is 1. The molecule has 0 bridgehead atoms. The van der Waals surface area contributed by atoms with Crippen molar-refractivity contribution in [2.75, 3.05) is 5.32 Å². The van der Waals surface area contributed by atoms with E-state index in [9.17, 15) is 9.59 Å². The number of benzene rings is 1. The summed E-state index contributed by atoms with van der Waals surface area (Å²) in [5.41, 5.74) is 5.06. The van der Waals surface area contributed by atoms with Crippen LogP contribution in [0.15, 0.2) is 36.5 Å². The molecule has 0 radical (unpaired) electrons. The number of nitrogens with zero attached hydrogens (tertiary/aromatic N) is 2. The van der Waals surface area contributed by atoms with Gasteiger partial charge in [-0.25, -0.2) is 0 Å². The predicted octanol–water partition coefficient (Wildman–Crippen LogP) is 1.43. The summed E-state index contributed by atoms with van der Waals surface area (Å²) in [7, 11) is 0. The van der Waals surface area contributed by atoms with E-state index in [-0.39, 0.29) is 12.5 Å². The van der Waals surface area contributed by atoms with Crippen molar-refractivity contribution in [1.29, 1.82) is 0 Å². The third kappa shape index (κ3) is 4.23. The zero-order chi connectivity index (χ0) is 16.1. The first-order valence-corrected chi connectivity index (χ1v) is 6.87. The molecule has 116 valence electrons. The molecule has 3 N–H and O–H groups in total. The fraction of sp³-hybridized carbons (Fsp3) is 0.214. The van der Waals surface area contributed by atoms with Crippen molar-refractivity contribution in [3.63, 3.8) is 0 Å². The number of nitrogens with two attached hydrogens (primary N) is 1. The molecule has 1 aromatic heterocycles. The van der Waals surface area contributed by atoms with Crippen molar-refractivity contribution in [3.05, 3.63) is 41.6 Å². The number of halogens is 1. The molecule has 2 amide bonds. The molecule has 1 atom stereocenters. The number of aromatic nitrogens is 2. The van der Waals surface area contributed by atoms with Crippen LogP contribution in [0.4, 0.5) is 5.82 Å². The lowest BCUT2D eigenvalue weighted by molar-refractivity contribution is -0.122. The van der Waals surface area contributed by atoms with E-state index in [1.54, 1.807) is 43.5 Å². The predicted molar refractivity (Wildman–Crippen MR) is 81.6 cm³/mol. The van der Waals surface area contributed by atoms with Crippen LogP contribution >= 0.6 is 11.6 Å². The van der Waals surface area contributed by atoms with E-state index in [2.05, 4.69) is 10.4 Å². The molecular weight excluding hydrogens is 308 g/mol. The Morgan fingerprint density at radius 2 is 2.14 bits per heavy atom. The summed E-state index contributed by atoms with van der Waals surface area (Å²) in [6.07, 6.45) is 0.779. The molecule has 0 aliphatic rings. The second kappa shape index (κ2) is 6.95. The smallest absolute Gasteiger partial charge is 0.266 e. The monoisotopic (exact) mass is 322 g/mol. The van der Waals surface area contributed by atoms with Gasteiger partial charge in [0.05, 0.1) is 5.02 Å². The molecule has 0 fully saturated rings. The van der Waals surface area contributed by atoms with Crippen LogP contribution in [-0.4, -0.2) is 27.7 Å². The summed E-state index contributed by atoms with van der Waals surface area (Å²) < 4.78 is 6.83. The highest BCUT2D eigenvalue weighted by atomic mass is 35.5. The molecule has 0 aliphatic heterocycles. The Balaban J connectivity index is 1.95. The fourth-order valence-corrected chi connectivity index (χ4v) is 1.87. The average Bonchev–Trinajstić information content (AvgIpc) is 2.87. The molecule has 2 rings (SSSR count). The van der Waals surface area contributed by atoms with E-state index in [1.165, 1.54) is 4.68 Å². The van der Waals surface area contributed by atoms with Crippen molar-refractivity contribution in [1.82, 2.24) is 9.78 Å². The maximum atomic E-state index is 12.0. The minimum absolute atomic E-state index is 0.0540. The molecule has 0 saturated carbocycles. The third-order valence-electron chi connectivity index (χ3n) is 2.72. The zero-order valence-electron chi connectivity index (χ0n) is 11.8. The van der Waals surface area contributed by atoms with Crippen molar-refractivity contribution in [2.45, 2.75) is 19.6 Å². The summed E-state index contributed by atoms with van der Waals surface area (Å²) >= 11 is 5.97. The molecule has 0 unspecified atom stereocenters. The lowest BCUT2D eigenvalue weighted by atomic mass is 10.3. The number of amides is 2. The zero-order valence-corrected chi connectivity index (χ0v) is 12.6. The lowest BCUT2D eigenvalue weighted by Gasteiger charge is -2.14. The Bertz CT molecular complexity index is 686. The van der Waals surface area contributed by atoms with Gasteiger partial charge in [-0.05, 0) is 19.1 Å². The van der Waals surface area contributed by atoms with Crippen LogP contribution in [0.3, 0.4) is 0 Å². The SMILES string of the molecule is C[C@@H](Oc1ccccc1Cl)C(=O)Nc1ccn(CC(N)=O)n1. The number of carbonyl (C=O) groups excluding carboxylic acids is 2. The van der Waals surface area contributed by atoms with Gasteiger partial charge in [0.2, 0.25) is 5.91 Å². The molecule has 0 saturated heterocycles. The normalized spacial score (nSPS) is 11.7. The largest absolute Gasteiger partial charge is 0.479 e. The van der Waals surface area contributed by atoms with Gasteiger partial charge >= 0.3 is 0 Å². The van der Waals surface area contributed by atoms with Gasteiger partial charge in [0, 0.05) is 12.3 Å². The number of carbonyl (C=O) groups is 2. The topological polar surface area (TPSA) is 99.2 Å². The summed E-state index contributed by atoms with van der Waals surface area (Å²) in [6, 6.07) is 8.44. The fourth-order valence-electron chi connectivity index (χ4n) is 1.69. The van der Waals surface area contributed by atoms with Gasteiger partial charge < -0.3 is 15.8 Å². The van der Waals surface area contributed by atoms with Crippen LogP contribution in [0.5, 0.6) is 5.75 Å². The molecule has 0 spiro atoms. The van der Waals surface area contributed by atoms with Crippen molar-refractivity contribution < 1.29 is 14.3 Å². The van der Waals surface area contributed by atoms with Gasteiger partial charge in [0.15, 0.2) is 11.9 Å². The number of rotatable bonds is 6. The van der Waals surface area contributed by atoms with Gasteiger partial charge in [-0.1, -0.05) is 23.7 Å². The number of nitrogens with one attached hydrogen (secondary N) is 1. The summed E-state index contributed by atoms with van der Waals surface area (Å²) in [6.45, 7) is 1.54. The highest BCUT2D eigenvalue weighted by molar-refractivity contribution is 6.32. The van der Waals surface area contributed by atoms with Crippen LogP contribution in [0.2, 0.25) is 5.02 Å². The molecule has 2 aromatic rings. The summed E-state index contributed by atoms with van der Waals surface area (Å²) in [5, 5.41) is 7.01. The Kier molecular flexibility index (Phi) is 5.00. The van der Waals surface area contributed by atoms with Crippen LogP contribution in [-0.2, 0) is 16.1 Å². The first kappa shape index (κ1) is 15.8. The number of para-hydroxylation sites is 1. The number of ether oxygens (including phenoxy) is 1. The first-order valence-electron chi connectivity index (χ1n) is 6.49. The van der Waals surface area contributed by atoms with Crippen LogP contribution in [0.25, 0.3) is 0 Å². The van der Waals surface area contributed by atoms with Crippen molar-refractivity contribution in [2.24, 2.45) is 5.73 Å². The molecule has 1 aromatic carbocycles. The number of hydrogen-bond acceptors (Lipinski definition) is 4. The van der Waals surface area contributed by atoms with Gasteiger partial charge in [-0.2, -0.15) is 5.10 Å². The van der Waals surface area contributed by atoms with E-state index >= 15 is 0 Å². The Hall–Kier alpha value is -2.54. The Morgan fingerprint density at radius 3 is 2.82 bits per heavy atom. The highest BCUT2D eigenvalue weighted by Gasteiger charge is 2.17. The summed E-state index contributed by atoms with van der Waals surface area (Å²) in [4.78, 5) is 22.8. The van der Waals surface area contributed by atoms with Crippen molar-refractivity contribution >= 4 is 29.2 Å². The quantitative estimate of drug-likeness (QED) is 0.840. The van der Waals surface area contributed by atoms with E-state index in [4.69, 9.17) is 22.1 Å².